The summed E-state index contributed by atoms with van der Waals surface area (Å²) in [6.07, 6.45) is 5.40. The smallest absolute Gasteiger partial charge is 0.197 e. The van der Waals surface area contributed by atoms with E-state index < -0.39 is 0 Å². The van der Waals surface area contributed by atoms with E-state index in [9.17, 15) is 0 Å². The van der Waals surface area contributed by atoms with E-state index in [1.807, 2.05) is 12.1 Å². The lowest BCUT2D eigenvalue weighted by atomic mass is 9.95. The van der Waals surface area contributed by atoms with Gasteiger partial charge in [0.15, 0.2) is 11.5 Å². The first-order chi connectivity index (χ1) is 8.15. The fourth-order valence-electron chi connectivity index (χ4n) is 2.71. The summed E-state index contributed by atoms with van der Waals surface area (Å²) in [4.78, 5) is 4.52. The van der Waals surface area contributed by atoms with Crippen molar-refractivity contribution in [3.05, 3.63) is 29.7 Å². The first-order valence-corrected chi connectivity index (χ1v) is 6.30. The molecule has 0 radical (unpaired) electrons. The fraction of sp³-hybridized carbons (Fsp3) is 0.500. The molecular formula is C14H18N2O. The molecule has 0 amide bonds. The minimum absolute atomic E-state index is 0.0874. The van der Waals surface area contributed by atoms with Crippen LogP contribution >= 0.6 is 0 Å². The summed E-state index contributed by atoms with van der Waals surface area (Å²) in [5.74, 6) is 0.787. The van der Waals surface area contributed by atoms with E-state index in [2.05, 4.69) is 18.0 Å². The van der Waals surface area contributed by atoms with Gasteiger partial charge in [0.2, 0.25) is 0 Å². The Balaban J connectivity index is 1.90. The number of nitrogens with two attached hydrogens (primary N) is 1. The number of oxazole rings is 1. The second-order valence-corrected chi connectivity index (χ2v) is 5.33. The van der Waals surface area contributed by atoms with Crippen molar-refractivity contribution in [3.8, 4) is 0 Å². The summed E-state index contributed by atoms with van der Waals surface area (Å²) < 4.78 is 5.78. The molecule has 3 heteroatoms. The van der Waals surface area contributed by atoms with Crippen LogP contribution in [0, 0.1) is 6.92 Å². The van der Waals surface area contributed by atoms with Gasteiger partial charge in [-0.3, -0.25) is 0 Å². The number of aromatic nitrogens is 1. The third-order valence-corrected chi connectivity index (χ3v) is 3.69. The summed E-state index contributed by atoms with van der Waals surface area (Å²) in [5.41, 5.74) is 9.27. The van der Waals surface area contributed by atoms with Crippen LogP contribution in [0.3, 0.4) is 0 Å². The Kier molecular flexibility index (Phi) is 2.44. The Labute approximate surface area is 101 Å². The molecule has 3 rings (SSSR count). The zero-order chi connectivity index (χ0) is 11.9. The van der Waals surface area contributed by atoms with Gasteiger partial charge in [0, 0.05) is 12.0 Å². The molecule has 0 unspecified atom stereocenters. The van der Waals surface area contributed by atoms with Crippen LogP contribution in [0.25, 0.3) is 11.1 Å². The van der Waals surface area contributed by atoms with Crippen molar-refractivity contribution < 1.29 is 4.42 Å². The van der Waals surface area contributed by atoms with Crippen LogP contribution in [-0.2, 0) is 6.42 Å². The molecule has 1 fully saturated rings. The van der Waals surface area contributed by atoms with E-state index in [-0.39, 0.29) is 5.54 Å². The molecule has 1 aromatic heterocycles. The molecule has 17 heavy (non-hydrogen) atoms. The van der Waals surface area contributed by atoms with Crippen molar-refractivity contribution in [2.45, 2.75) is 44.6 Å². The van der Waals surface area contributed by atoms with Crippen molar-refractivity contribution in [1.29, 1.82) is 0 Å². The van der Waals surface area contributed by atoms with Crippen LogP contribution in [0.4, 0.5) is 0 Å². The van der Waals surface area contributed by atoms with Crippen molar-refractivity contribution in [2.75, 3.05) is 0 Å². The number of rotatable bonds is 2. The molecule has 2 aromatic rings. The van der Waals surface area contributed by atoms with Gasteiger partial charge in [0.25, 0.3) is 0 Å². The Bertz CT molecular complexity index is 538. The number of fused-ring (bicyclic) bond motifs is 1. The first-order valence-electron chi connectivity index (χ1n) is 6.30. The zero-order valence-electron chi connectivity index (χ0n) is 10.2. The van der Waals surface area contributed by atoms with E-state index >= 15 is 0 Å². The van der Waals surface area contributed by atoms with Crippen LogP contribution < -0.4 is 5.73 Å². The summed E-state index contributed by atoms with van der Waals surface area (Å²) in [6, 6.07) is 6.10. The summed E-state index contributed by atoms with van der Waals surface area (Å²) in [5, 5.41) is 0. The lowest BCUT2D eigenvalue weighted by Gasteiger charge is -2.20. The third kappa shape index (κ3) is 2.07. The highest BCUT2D eigenvalue weighted by Gasteiger charge is 2.31. The maximum Gasteiger partial charge on any atom is 0.197 e. The molecule has 2 N–H and O–H groups in total. The molecule has 0 spiro atoms. The molecule has 1 saturated carbocycles. The van der Waals surface area contributed by atoms with E-state index in [4.69, 9.17) is 10.2 Å². The molecule has 1 heterocycles. The number of hydrogen-bond acceptors (Lipinski definition) is 3. The van der Waals surface area contributed by atoms with Gasteiger partial charge in [-0.05, 0) is 37.5 Å². The van der Waals surface area contributed by atoms with Gasteiger partial charge < -0.3 is 10.2 Å². The zero-order valence-corrected chi connectivity index (χ0v) is 10.2. The molecule has 90 valence electrons. The van der Waals surface area contributed by atoms with Gasteiger partial charge in [0.1, 0.15) is 5.52 Å². The summed E-state index contributed by atoms with van der Waals surface area (Å²) >= 11 is 0. The molecule has 3 nitrogen and oxygen atoms in total. The maximum absolute atomic E-state index is 6.34. The molecule has 0 aliphatic heterocycles. The highest BCUT2D eigenvalue weighted by molar-refractivity contribution is 5.73. The van der Waals surface area contributed by atoms with Crippen molar-refractivity contribution in [3.63, 3.8) is 0 Å². The summed E-state index contributed by atoms with van der Waals surface area (Å²) in [7, 11) is 0. The van der Waals surface area contributed by atoms with Gasteiger partial charge in [-0.2, -0.15) is 0 Å². The maximum atomic E-state index is 6.34. The predicted octanol–water partition coefficient (Wildman–Crippen LogP) is 2.95. The van der Waals surface area contributed by atoms with Gasteiger partial charge in [-0.15, -0.1) is 0 Å². The van der Waals surface area contributed by atoms with Gasteiger partial charge in [-0.25, -0.2) is 4.98 Å². The van der Waals surface area contributed by atoms with Gasteiger partial charge >= 0.3 is 0 Å². The minimum atomic E-state index is -0.0874. The van der Waals surface area contributed by atoms with Crippen LogP contribution in [0.15, 0.2) is 22.6 Å². The molecule has 0 saturated heterocycles. The van der Waals surface area contributed by atoms with Crippen LogP contribution in [0.2, 0.25) is 0 Å². The average Bonchev–Trinajstić information content (AvgIpc) is 2.84. The monoisotopic (exact) mass is 230 g/mol. The third-order valence-electron chi connectivity index (χ3n) is 3.69. The highest BCUT2D eigenvalue weighted by Crippen LogP contribution is 2.31. The first kappa shape index (κ1) is 10.8. The molecule has 1 aliphatic rings. The van der Waals surface area contributed by atoms with Crippen LogP contribution in [-0.4, -0.2) is 10.5 Å². The van der Waals surface area contributed by atoms with Gasteiger partial charge in [0.05, 0.1) is 0 Å². The van der Waals surface area contributed by atoms with E-state index in [1.54, 1.807) is 0 Å². The summed E-state index contributed by atoms with van der Waals surface area (Å²) in [6.45, 7) is 2.06. The van der Waals surface area contributed by atoms with Crippen molar-refractivity contribution in [2.24, 2.45) is 5.73 Å². The lowest BCUT2D eigenvalue weighted by Crippen LogP contribution is -2.38. The van der Waals surface area contributed by atoms with Crippen molar-refractivity contribution >= 4 is 11.1 Å². The van der Waals surface area contributed by atoms with Crippen molar-refractivity contribution in [1.82, 2.24) is 4.98 Å². The second-order valence-electron chi connectivity index (χ2n) is 5.33. The molecule has 0 atom stereocenters. The molecular weight excluding hydrogens is 212 g/mol. The Hall–Kier alpha value is -1.35. The molecule has 1 aromatic carbocycles. The number of aryl methyl sites for hydroxylation is 1. The van der Waals surface area contributed by atoms with E-state index in [1.165, 1.54) is 18.4 Å². The highest BCUT2D eigenvalue weighted by atomic mass is 16.3. The van der Waals surface area contributed by atoms with E-state index in [0.29, 0.717) is 0 Å². The Morgan fingerprint density at radius 3 is 2.88 bits per heavy atom. The normalized spacial score (nSPS) is 18.9. The quantitative estimate of drug-likeness (QED) is 0.863. The van der Waals surface area contributed by atoms with Crippen LogP contribution in [0.5, 0.6) is 0 Å². The van der Waals surface area contributed by atoms with Gasteiger partial charge in [-0.1, -0.05) is 18.9 Å². The number of benzene rings is 1. The SMILES string of the molecule is Cc1ccc2nc(CC3(N)CCCC3)oc2c1. The van der Waals surface area contributed by atoms with E-state index in [0.717, 1.165) is 36.3 Å². The topological polar surface area (TPSA) is 52.0 Å². The minimum Gasteiger partial charge on any atom is -0.441 e. The van der Waals surface area contributed by atoms with Crippen LogP contribution in [0.1, 0.15) is 37.1 Å². The fourth-order valence-corrected chi connectivity index (χ4v) is 2.71. The molecule has 1 aliphatic carbocycles. The Morgan fingerprint density at radius 1 is 1.35 bits per heavy atom. The predicted molar refractivity (Wildman–Crippen MR) is 67.8 cm³/mol. The molecule has 0 bridgehead atoms. The number of nitrogens with zero attached hydrogens (tertiary/aromatic N) is 1. The Morgan fingerprint density at radius 2 is 2.12 bits per heavy atom. The lowest BCUT2D eigenvalue weighted by molar-refractivity contribution is 0.385. The second kappa shape index (κ2) is 3.84. The average molecular weight is 230 g/mol. The standard InChI is InChI=1S/C14H18N2O/c1-10-4-5-11-12(8-10)17-13(16-11)9-14(15)6-2-3-7-14/h4-5,8H,2-3,6-7,9,15H2,1H3. The largest absolute Gasteiger partial charge is 0.441 e. The number of hydrogen-bond donors (Lipinski definition) is 1.